The Morgan fingerprint density at radius 1 is 1.37 bits per heavy atom. The molecular weight excluding hydrogens is 340 g/mol. The summed E-state index contributed by atoms with van der Waals surface area (Å²) in [5.41, 5.74) is 1.88. The Kier molecular flexibility index (Phi) is 5.15. The Hall–Kier alpha value is -1.98. The summed E-state index contributed by atoms with van der Waals surface area (Å²) in [6.07, 6.45) is 3.73. The van der Waals surface area contributed by atoms with Crippen molar-refractivity contribution in [1.82, 2.24) is 9.88 Å². The molecule has 0 spiro atoms. The van der Waals surface area contributed by atoms with Crippen LogP contribution >= 0.6 is 0 Å². The largest absolute Gasteiger partial charge is 0.454 e. The molecule has 1 aromatic carbocycles. The van der Waals surface area contributed by atoms with Crippen molar-refractivity contribution in [2.45, 2.75) is 51.4 Å². The molecule has 3 fully saturated rings. The smallest absolute Gasteiger partial charge is 0.335 e. The van der Waals surface area contributed by atoms with Gasteiger partial charge in [0.25, 0.3) is 0 Å². The average molecular weight is 368 g/mol. The van der Waals surface area contributed by atoms with Crippen LogP contribution in [-0.2, 0) is 9.53 Å². The molecule has 2 bridgehead atoms. The number of aliphatic hydroxyl groups is 1. The monoisotopic (exact) mass is 368 g/mol. The number of ether oxygens (including phenoxy) is 1. The van der Waals surface area contributed by atoms with Gasteiger partial charge in [0, 0.05) is 23.7 Å². The molecule has 5 heteroatoms. The molecule has 3 aliphatic heterocycles. The molecule has 1 aromatic heterocycles. The number of carbonyl (C=O) groups is 1. The third-order valence-electron chi connectivity index (χ3n) is 6.38. The van der Waals surface area contributed by atoms with Crippen LogP contribution in [0.25, 0.3) is 10.9 Å². The van der Waals surface area contributed by atoms with Crippen molar-refractivity contribution in [3.05, 3.63) is 42.1 Å². The van der Waals surface area contributed by atoms with Gasteiger partial charge in [-0.2, -0.15) is 0 Å². The van der Waals surface area contributed by atoms with Gasteiger partial charge in [0.15, 0.2) is 0 Å². The highest BCUT2D eigenvalue weighted by atomic mass is 16.6. The summed E-state index contributed by atoms with van der Waals surface area (Å²) in [5, 5.41) is 10.8. The summed E-state index contributed by atoms with van der Waals surface area (Å²) < 4.78 is 5.91. The Morgan fingerprint density at radius 2 is 2.19 bits per heavy atom. The molecule has 0 amide bonds. The number of hydrogen-bond donors (Lipinski definition) is 1. The minimum atomic E-state index is -1.13. The van der Waals surface area contributed by atoms with Gasteiger partial charge in [0.05, 0.1) is 11.6 Å². The van der Waals surface area contributed by atoms with E-state index in [9.17, 15) is 9.90 Å². The van der Waals surface area contributed by atoms with E-state index < -0.39 is 12.1 Å². The molecule has 1 unspecified atom stereocenters. The lowest BCUT2D eigenvalue weighted by Crippen LogP contribution is -2.55. The molecule has 4 heterocycles. The zero-order chi connectivity index (χ0) is 19.0. The van der Waals surface area contributed by atoms with Crippen molar-refractivity contribution in [1.29, 1.82) is 0 Å². The number of nitrogens with zero attached hydrogens (tertiary/aromatic N) is 2. The van der Waals surface area contributed by atoms with Crippen molar-refractivity contribution in [2.75, 3.05) is 13.1 Å². The van der Waals surface area contributed by atoms with E-state index >= 15 is 0 Å². The molecule has 3 saturated heterocycles. The van der Waals surface area contributed by atoms with Crippen molar-refractivity contribution in [3.8, 4) is 0 Å². The molecule has 3 aliphatic rings. The summed E-state index contributed by atoms with van der Waals surface area (Å²) in [7, 11) is 0. The van der Waals surface area contributed by atoms with Gasteiger partial charge in [-0.25, -0.2) is 4.79 Å². The van der Waals surface area contributed by atoms with Gasteiger partial charge in [-0.05, 0) is 50.3 Å². The summed E-state index contributed by atoms with van der Waals surface area (Å²) in [6, 6.07) is 10.1. The zero-order valence-electron chi connectivity index (χ0n) is 16.0. The maximum Gasteiger partial charge on any atom is 0.335 e. The van der Waals surface area contributed by atoms with Crippen LogP contribution in [0.4, 0.5) is 0 Å². The summed E-state index contributed by atoms with van der Waals surface area (Å²) >= 11 is 0. The lowest BCUT2D eigenvalue weighted by atomic mass is 9.72. The fraction of sp³-hybridized carbons (Fsp3) is 0.545. The number of aromatic nitrogens is 1. The van der Waals surface area contributed by atoms with Crippen molar-refractivity contribution < 1.29 is 14.6 Å². The highest BCUT2D eigenvalue weighted by Gasteiger charge is 2.44. The zero-order valence-corrected chi connectivity index (χ0v) is 16.0. The topological polar surface area (TPSA) is 62.7 Å². The normalized spacial score (nSPS) is 29.4. The molecule has 5 nitrogen and oxygen atoms in total. The second-order valence-corrected chi connectivity index (χ2v) is 7.97. The molecule has 1 N–H and O–H groups in total. The lowest BCUT2D eigenvalue weighted by Gasteiger charge is -2.51. The van der Waals surface area contributed by atoms with Crippen LogP contribution in [0.5, 0.6) is 0 Å². The van der Waals surface area contributed by atoms with Gasteiger partial charge in [-0.1, -0.05) is 31.5 Å². The van der Waals surface area contributed by atoms with Crippen LogP contribution in [-0.4, -0.2) is 46.2 Å². The van der Waals surface area contributed by atoms with E-state index in [4.69, 9.17) is 4.74 Å². The number of aliphatic hydroxyl groups excluding tert-OH is 1. The second kappa shape index (κ2) is 7.56. The predicted octanol–water partition coefficient (Wildman–Crippen LogP) is 3.32. The Bertz CT molecular complexity index is 817. The van der Waals surface area contributed by atoms with E-state index in [-0.39, 0.29) is 12.1 Å². The molecule has 2 aromatic rings. The van der Waals surface area contributed by atoms with Gasteiger partial charge < -0.3 is 9.84 Å². The van der Waals surface area contributed by atoms with E-state index in [0.29, 0.717) is 5.92 Å². The van der Waals surface area contributed by atoms with Crippen LogP contribution in [0.3, 0.4) is 0 Å². The molecule has 0 radical (unpaired) electrons. The Balaban J connectivity index is 1.73. The minimum Gasteiger partial charge on any atom is -0.454 e. The minimum absolute atomic E-state index is 0.153. The number of rotatable bonds is 5. The van der Waals surface area contributed by atoms with Gasteiger partial charge in [-0.15, -0.1) is 0 Å². The second-order valence-electron chi connectivity index (χ2n) is 7.97. The molecule has 5 rings (SSSR count). The third kappa shape index (κ3) is 3.46. The number of benzene rings is 1. The lowest BCUT2D eigenvalue weighted by molar-refractivity contribution is -0.166. The molecule has 27 heavy (non-hydrogen) atoms. The summed E-state index contributed by atoms with van der Waals surface area (Å²) in [5.74, 6) is 0.860. The maximum absolute atomic E-state index is 12.3. The van der Waals surface area contributed by atoms with Gasteiger partial charge in [-0.3, -0.25) is 9.88 Å². The fourth-order valence-electron chi connectivity index (χ4n) is 4.90. The van der Waals surface area contributed by atoms with Gasteiger partial charge in [0.1, 0.15) is 12.2 Å². The first-order valence-corrected chi connectivity index (χ1v) is 10.0. The van der Waals surface area contributed by atoms with Crippen LogP contribution in [0.1, 0.15) is 44.8 Å². The first-order valence-electron chi connectivity index (χ1n) is 10.0. The molecule has 6 atom stereocenters. The van der Waals surface area contributed by atoms with E-state index in [1.165, 1.54) is 19.8 Å². The van der Waals surface area contributed by atoms with Crippen molar-refractivity contribution >= 4 is 16.9 Å². The number of carbonyl (C=O) groups excluding carboxylic acids is 1. The average Bonchev–Trinajstić information content (AvgIpc) is 2.71. The van der Waals surface area contributed by atoms with E-state index in [1.54, 1.807) is 6.20 Å². The number of pyridine rings is 1. The van der Waals surface area contributed by atoms with Crippen LogP contribution in [0.15, 0.2) is 36.5 Å². The van der Waals surface area contributed by atoms with Gasteiger partial charge in [0.2, 0.25) is 0 Å². The Labute approximate surface area is 160 Å². The summed E-state index contributed by atoms with van der Waals surface area (Å²) in [6.45, 7) is 5.85. The van der Waals surface area contributed by atoms with Crippen molar-refractivity contribution in [3.63, 3.8) is 0 Å². The van der Waals surface area contributed by atoms with E-state index in [0.717, 1.165) is 41.9 Å². The maximum atomic E-state index is 12.3. The number of esters is 1. The third-order valence-corrected chi connectivity index (χ3v) is 6.38. The first kappa shape index (κ1) is 18.4. The molecule has 144 valence electrons. The fourth-order valence-corrected chi connectivity index (χ4v) is 4.90. The van der Waals surface area contributed by atoms with E-state index in [1.807, 2.05) is 30.3 Å². The highest BCUT2D eigenvalue weighted by molar-refractivity contribution is 5.83. The predicted molar refractivity (Wildman–Crippen MR) is 104 cm³/mol. The number of fused-ring (bicyclic) bond motifs is 4. The molecular formula is C22H28N2O3. The first-order chi connectivity index (χ1) is 13.1. The quantitative estimate of drug-likeness (QED) is 0.821. The summed E-state index contributed by atoms with van der Waals surface area (Å²) in [4.78, 5) is 19.3. The standard InChI is InChI=1S/C22H28N2O3/c1-3-15-13-24-11-9-16(15)12-20(24)21(27-22(26)14(2)25)18-8-10-23-19-7-5-4-6-17(18)19/h4-8,10,14-16,20-21,25H,3,9,11-13H2,1-2H3/t14-,15-,16-,20-,21+/m0/s1. The highest BCUT2D eigenvalue weighted by Crippen LogP contribution is 2.44. The van der Waals surface area contributed by atoms with Crippen LogP contribution in [0.2, 0.25) is 0 Å². The SMILES string of the molecule is CC[C@H]1CN2CC[C@H]1C[C@H]2[C@H](OC(=O)[C@H](C)O)c1ccnc2ccccc12. The van der Waals surface area contributed by atoms with E-state index in [2.05, 4.69) is 16.8 Å². The van der Waals surface area contributed by atoms with Crippen molar-refractivity contribution in [2.24, 2.45) is 11.8 Å². The molecule has 0 aliphatic carbocycles. The Morgan fingerprint density at radius 3 is 2.89 bits per heavy atom. The number of para-hydroxylation sites is 1. The van der Waals surface area contributed by atoms with Gasteiger partial charge >= 0.3 is 5.97 Å². The number of hydrogen-bond acceptors (Lipinski definition) is 5. The van der Waals surface area contributed by atoms with Crippen LogP contribution in [0, 0.1) is 11.8 Å². The number of piperidine rings is 3. The van der Waals surface area contributed by atoms with Crippen LogP contribution < -0.4 is 0 Å². The molecule has 0 saturated carbocycles.